The first-order valence-corrected chi connectivity index (χ1v) is 7.62. The monoisotopic (exact) mass is 315 g/mol. The topological polar surface area (TPSA) is 37.8 Å². The zero-order valence-corrected chi connectivity index (χ0v) is 13.1. The molecular weight excluding hydrogens is 301 g/mol. The molecule has 102 valence electrons. The number of halogens is 2. The zero-order chi connectivity index (χ0) is 13.8. The Labute approximate surface area is 127 Å². The van der Waals surface area contributed by atoms with E-state index in [1.165, 1.54) is 0 Å². The van der Waals surface area contributed by atoms with Gasteiger partial charge < -0.3 is 5.32 Å². The van der Waals surface area contributed by atoms with Crippen molar-refractivity contribution in [3.63, 3.8) is 0 Å². The Morgan fingerprint density at radius 3 is 2.68 bits per heavy atom. The van der Waals surface area contributed by atoms with E-state index in [-0.39, 0.29) is 0 Å². The van der Waals surface area contributed by atoms with Crippen LogP contribution in [0.3, 0.4) is 0 Å². The number of rotatable bonds is 5. The number of benzene rings is 1. The van der Waals surface area contributed by atoms with Gasteiger partial charge in [0.25, 0.3) is 0 Å². The molecule has 1 N–H and O–H groups in total. The van der Waals surface area contributed by atoms with E-state index in [0.717, 1.165) is 28.7 Å². The molecule has 0 saturated carbocycles. The van der Waals surface area contributed by atoms with E-state index in [9.17, 15) is 0 Å². The fraction of sp³-hybridized carbons (Fsp3) is 0.385. The van der Waals surface area contributed by atoms with E-state index in [1.807, 2.05) is 12.1 Å². The first-order valence-electron chi connectivity index (χ1n) is 6.05. The standard InChI is InChI=1S/C13H15Cl2N3S/c1-8(2)6-16-7-12-17-18-13(19-12)9-3-4-10(14)11(15)5-9/h3-5,8,16H,6-7H2,1-2H3. The minimum Gasteiger partial charge on any atom is -0.310 e. The number of nitrogens with one attached hydrogen (secondary N) is 1. The van der Waals surface area contributed by atoms with Gasteiger partial charge >= 0.3 is 0 Å². The van der Waals surface area contributed by atoms with Crippen LogP contribution >= 0.6 is 34.5 Å². The van der Waals surface area contributed by atoms with Crippen molar-refractivity contribution in [2.24, 2.45) is 5.92 Å². The molecule has 0 atom stereocenters. The molecule has 0 saturated heterocycles. The maximum Gasteiger partial charge on any atom is 0.147 e. The van der Waals surface area contributed by atoms with E-state index in [1.54, 1.807) is 17.4 Å². The molecule has 0 fully saturated rings. The maximum atomic E-state index is 6.00. The van der Waals surface area contributed by atoms with Crippen molar-refractivity contribution in [3.8, 4) is 10.6 Å². The van der Waals surface area contributed by atoms with Crippen molar-refractivity contribution in [2.45, 2.75) is 20.4 Å². The fourth-order valence-corrected chi connectivity index (χ4v) is 2.64. The zero-order valence-electron chi connectivity index (χ0n) is 10.8. The smallest absolute Gasteiger partial charge is 0.147 e. The van der Waals surface area contributed by atoms with Crippen molar-refractivity contribution < 1.29 is 0 Å². The summed E-state index contributed by atoms with van der Waals surface area (Å²) in [5, 5.41) is 14.6. The van der Waals surface area contributed by atoms with Crippen LogP contribution in [0.25, 0.3) is 10.6 Å². The van der Waals surface area contributed by atoms with Crippen molar-refractivity contribution in [1.29, 1.82) is 0 Å². The number of aromatic nitrogens is 2. The molecule has 2 rings (SSSR count). The molecule has 0 aliphatic rings. The van der Waals surface area contributed by atoms with Crippen molar-refractivity contribution in [2.75, 3.05) is 6.54 Å². The highest BCUT2D eigenvalue weighted by molar-refractivity contribution is 7.14. The summed E-state index contributed by atoms with van der Waals surface area (Å²) in [4.78, 5) is 0. The normalized spacial score (nSPS) is 11.2. The Morgan fingerprint density at radius 1 is 1.21 bits per heavy atom. The molecule has 1 aromatic heterocycles. The second-order valence-corrected chi connectivity index (χ2v) is 6.53. The minimum absolute atomic E-state index is 0.536. The van der Waals surface area contributed by atoms with Gasteiger partial charge in [-0.05, 0) is 24.6 Å². The van der Waals surface area contributed by atoms with Crippen LogP contribution in [0.15, 0.2) is 18.2 Å². The van der Waals surface area contributed by atoms with Gasteiger partial charge in [-0.1, -0.05) is 54.5 Å². The van der Waals surface area contributed by atoms with Gasteiger partial charge in [0.2, 0.25) is 0 Å². The Hall–Kier alpha value is -0.680. The Bertz CT molecular complexity index is 555. The third-order valence-corrected chi connectivity index (χ3v) is 4.17. The lowest BCUT2D eigenvalue weighted by Crippen LogP contribution is -2.18. The molecule has 0 aliphatic carbocycles. The van der Waals surface area contributed by atoms with E-state index in [2.05, 4.69) is 29.4 Å². The molecule has 0 amide bonds. The van der Waals surface area contributed by atoms with Crippen molar-refractivity contribution in [3.05, 3.63) is 33.3 Å². The summed E-state index contributed by atoms with van der Waals surface area (Å²) >= 11 is 13.5. The highest BCUT2D eigenvalue weighted by Gasteiger charge is 2.08. The number of nitrogens with zero attached hydrogens (tertiary/aromatic N) is 2. The SMILES string of the molecule is CC(C)CNCc1nnc(-c2ccc(Cl)c(Cl)c2)s1. The highest BCUT2D eigenvalue weighted by Crippen LogP contribution is 2.30. The summed E-state index contributed by atoms with van der Waals surface area (Å²) in [6, 6.07) is 5.49. The first kappa shape index (κ1) is 14.7. The molecule has 3 nitrogen and oxygen atoms in total. The molecule has 0 bridgehead atoms. The van der Waals surface area contributed by atoms with Crippen LogP contribution in [-0.2, 0) is 6.54 Å². The maximum absolute atomic E-state index is 6.00. The summed E-state index contributed by atoms with van der Waals surface area (Å²) in [6.07, 6.45) is 0. The Kier molecular flexibility index (Phi) is 5.16. The van der Waals surface area contributed by atoms with Gasteiger partial charge in [0.05, 0.1) is 10.0 Å². The van der Waals surface area contributed by atoms with Crippen molar-refractivity contribution in [1.82, 2.24) is 15.5 Å². The van der Waals surface area contributed by atoms with Crippen molar-refractivity contribution >= 4 is 34.5 Å². The van der Waals surface area contributed by atoms with Gasteiger partial charge in [-0.15, -0.1) is 10.2 Å². The second kappa shape index (κ2) is 6.66. The highest BCUT2D eigenvalue weighted by atomic mass is 35.5. The Morgan fingerprint density at radius 2 is 2.00 bits per heavy atom. The van der Waals surface area contributed by atoms with Crippen LogP contribution in [0.4, 0.5) is 0 Å². The van der Waals surface area contributed by atoms with E-state index in [4.69, 9.17) is 23.2 Å². The third-order valence-electron chi connectivity index (χ3n) is 2.46. The summed E-state index contributed by atoms with van der Waals surface area (Å²) in [6.45, 7) is 6.07. The van der Waals surface area contributed by atoms with Crippen LogP contribution in [0, 0.1) is 5.92 Å². The molecule has 2 aromatic rings. The second-order valence-electron chi connectivity index (χ2n) is 4.65. The van der Waals surface area contributed by atoms with E-state index < -0.39 is 0 Å². The summed E-state index contributed by atoms with van der Waals surface area (Å²) < 4.78 is 0. The third kappa shape index (κ3) is 4.14. The molecule has 1 heterocycles. The predicted octanol–water partition coefficient (Wildman–Crippen LogP) is 4.26. The Balaban J connectivity index is 2.05. The van der Waals surface area contributed by atoms with Crippen LogP contribution in [0.5, 0.6) is 0 Å². The van der Waals surface area contributed by atoms with Crippen LogP contribution in [0.2, 0.25) is 10.0 Å². The van der Waals surface area contributed by atoms with Gasteiger partial charge in [-0.2, -0.15) is 0 Å². The summed E-state index contributed by atoms with van der Waals surface area (Å²) in [5.41, 5.74) is 0.946. The predicted molar refractivity (Wildman–Crippen MR) is 81.9 cm³/mol. The molecular formula is C13H15Cl2N3S. The lowest BCUT2D eigenvalue weighted by molar-refractivity contribution is 0.550. The van der Waals surface area contributed by atoms with Gasteiger partial charge in [-0.25, -0.2) is 0 Å². The lowest BCUT2D eigenvalue weighted by Gasteiger charge is -2.04. The van der Waals surface area contributed by atoms with Gasteiger partial charge in [0, 0.05) is 12.1 Å². The van der Waals surface area contributed by atoms with E-state index >= 15 is 0 Å². The van der Waals surface area contributed by atoms with Crippen LogP contribution in [0.1, 0.15) is 18.9 Å². The van der Waals surface area contributed by atoms with Crippen LogP contribution < -0.4 is 5.32 Å². The summed E-state index contributed by atoms with van der Waals surface area (Å²) in [5.74, 6) is 0.627. The quantitative estimate of drug-likeness (QED) is 0.896. The molecule has 0 unspecified atom stereocenters. The van der Waals surface area contributed by atoms with Gasteiger partial charge in [-0.3, -0.25) is 0 Å². The molecule has 19 heavy (non-hydrogen) atoms. The molecule has 6 heteroatoms. The molecule has 0 spiro atoms. The number of hydrogen-bond acceptors (Lipinski definition) is 4. The number of hydrogen-bond donors (Lipinski definition) is 1. The fourth-order valence-electron chi connectivity index (χ4n) is 1.54. The van der Waals surface area contributed by atoms with Gasteiger partial charge in [0.1, 0.15) is 10.0 Å². The average Bonchev–Trinajstić information content (AvgIpc) is 2.81. The molecule has 0 radical (unpaired) electrons. The van der Waals surface area contributed by atoms with E-state index in [0.29, 0.717) is 16.0 Å². The minimum atomic E-state index is 0.536. The largest absolute Gasteiger partial charge is 0.310 e. The molecule has 0 aliphatic heterocycles. The lowest BCUT2D eigenvalue weighted by atomic mass is 10.2. The van der Waals surface area contributed by atoms with Crippen LogP contribution in [-0.4, -0.2) is 16.7 Å². The van der Waals surface area contributed by atoms with Gasteiger partial charge in [0.15, 0.2) is 0 Å². The first-order chi connectivity index (χ1) is 9.06. The summed E-state index contributed by atoms with van der Waals surface area (Å²) in [7, 11) is 0. The average molecular weight is 316 g/mol. The molecule has 1 aromatic carbocycles.